The number of benzene rings is 1. The van der Waals surface area contributed by atoms with Crippen molar-refractivity contribution in [2.24, 2.45) is 4.99 Å². The van der Waals surface area contributed by atoms with Crippen molar-refractivity contribution in [3.05, 3.63) is 22.7 Å². The third-order valence-electron chi connectivity index (χ3n) is 4.83. The van der Waals surface area contributed by atoms with Gasteiger partial charge in [-0.25, -0.2) is 0 Å². The molecular formula is C21H35ClIN3O4. The predicted octanol–water partition coefficient (Wildman–Crippen LogP) is 3.96. The number of nitrogens with one attached hydrogen (secondary N) is 1. The molecule has 1 N–H and O–H groups in total. The van der Waals surface area contributed by atoms with Gasteiger partial charge in [-0.05, 0) is 43.9 Å². The van der Waals surface area contributed by atoms with Crippen LogP contribution < -0.4 is 14.8 Å². The number of methoxy groups -OCH3 is 2. The van der Waals surface area contributed by atoms with E-state index in [2.05, 4.69) is 15.2 Å². The maximum absolute atomic E-state index is 6.37. The molecule has 30 heavy (non-hydrogen) atoms. The van der Waals surface area contributed by atoms with E-state index in [0.717, 1.165) is 57.1 Å². The number of halogens is 2. The highest BCUT2D eigenvalue weighted by molar-refractivity contribution is 14.0. The lowest BCUT2D eigenvalue weighted by molar-refractivity contribution is 0.00989. The predicted molar refractivity (Wildman–Crippen MR) is 132 cm³/mol. The van der Waals surface area contributed by atoms with Gasteiger partial charge in [0, 0.05) is 47.0 Å². The van der Waals surface area contributed by atoms with Crippen molar-refractivity contribution in [1.82, 2.24) is 10.2 Å². The number of likely N-dealkylation sites (tertiary alicyclic amines) is 1. The second-order valence-electron chi connectivity index (χ2n) is 6.85. The largest absolute Gasteiger partial charge is 0.493 e. The van der Waals surface area contributed by atoms with E-state index in [9.17, 15) is 0 Å². The van der Waals surface area contributed by atoms with Crippen LogP contribution in [0.3, 0.4) is 0 Å². The summed E-state index contributed by atoms with van der Waals surface area (Å²) >= 11 is 6.37. The Kier molecular flexibility index (Phi) is 13.5. The molecule has 1 aliphatic heterocycles. The number of hydrogen-bond acceptors (Lipinski definition) is 5. The van der Waals surface area contributed by atoms with Gasteiger partial charge in [-0.3, -0.25) is 4.99 Å². The minimum atomic E-state index is 0. The van der Waals surface area contributed by atoms with Gasteiger partial charge in [-0.2, -0.15) is 0 Å². The summed E-state index contributed by atoms with van der Waals surface area (Å²) in [5.74, 6) is 2.10. The molecule has 0 aliphatic carbocycles. The van der Waals surface area contributed by atoms with Crippen LogP contribution >= 0.6 is 35.6 Å². The zero-order valence-corrected chi connectivity index (χ0v) is 21.5. The van der Waals surface area contributed by atoms with E-state index >= 15 is 0 Å². The highest BCUT2D eigenvalue weighted by Gasteiger charge is 2.22. The Morgan fingerprint density at radius 3 is 2.57 bits per heavy atom. The fourth-order valence-corrected chi connectivity index (χ4v) is 3.65. The van der Waals surface area contributed by atoms with Gasteiger partial charge in [0.25, 0.3) is 0 Å². The minimum absolute atomic E-state index is 0. The van der Waals surface area contributed by atoms with Crippen molar-refractivity contribution in [2.45, 2.75) is 38.8 Å². The molecule has 2 rings (SSSR count). The van der Waals surface area contributed by atoms with Gasteiger partial charge in [0.15, 0.2) is 17.5 Å². The molecular weight excluding hydrogens is 521 g/mol. The summed E-state index contributed by atoms with van der Waals surface area (Å²) in [6, 6.07) is 3.84. The summed E-state index contributed by atoms with van der Waals surface area (Å²) in [6.07, 6.45) is 3.25. The van der Waals surface area contributed by atoms with E-state index in [1.165, 1.54) is 0 Å². The van der Waals surface area contributed by atoms with Crippen LogP contribution in [0.1, 0.15) is 31.7 Å². The summed E-state index contributed by atoms with van der Waals surface area (Å²) in [5.41, 5.74) is 1.01. The highest BCUT2D eigenvalue weighted by Crippen LogP contribution is 2.36. The van der Waals surface area contributed by atoms with Crippen LogP contribution in [-0.4, -0.2) is 71.1 Å². The van der Waals surface area contributed by atoms with E-state index < -0.39 is 0 Å². The molecule has 0 aromatic heterocycles. The van der Waals surface area contributed by atoms with Crippen molar-refractivity contribution >= 4 is 41.5 Å². The van der Waals surface area contributed by atoms with Crippen LogP contribution in [0.2, 0.25) is 5.02 Å². The summed E-state index contributed by atoms with van der Waals surface area (Å²) in [7, 11) is 5.14. The van der Waals surface area contributed by atoms with Crippen LogP contribution in [-0.2, 0) is 16.0 Å². The third-order valence-corrected chi connectivity index (χ3v) is 5.11. The first-order valence-corrected chi connectivity index (χ1v) is 10.6. The lowest BCUT2D eigenvalue weighted by Crippen LogP contribution is -2.46. The molecule has 1 aromatic carbocycles. The molecule has 0 amide bonds. The van der Waals surface area contributed by atoms with Gasteiger partial charge in [-0.1, -0.05) is 11.6 Å². The number of guanidine groups is 1. The number of piperidine rings is 1. The minimum Gasteiger partial charge on any atom is -0.493 e. The Bertz CT molecular complexity index is 655. The van der Waals surface area contributed by atoms with Crippen molar-refractivity contribution in [3.63, 3.8) is 0 Å². The quantitative estimate of drug-likeness (QED) is 0.204. The first kappa shape index (κ1) is 27.1. The van der Waals surface area contributed by atoms with E-state index in [1.807, 2.05) is 19.1 Å². The van der Waals surface area contributed by atoms with Crippen molar-refractivity contribution in [2.75, 3.05) is 54.2 Å². The van der Waals surface area contributed by atoms with Crippen LogP contribution in [0.4, 0.5) is 0 Å². The monoisotopic (exact) mass is 555 g/mol. The molecule has 1 heterocycles. The Balaban J connectivity index is 0.00000450. The summed E-state index contributed by atoms with van der Waals surface area (Å²) in [5, 5.41) is 3.97. The van der Waals surface area contributed by atoms with Crippen molar-refractivity contribution in [3.8, 4) is 11.5 Å². The molecule has 0 unspecified atom stereocenters. The smallest absolute Gasteiger partial charge is 0.193 e. The van der Waals surface area contributed by atoms with Gasteiger partial charge >= 0.3 is 0 Å². The molecule has 9 heteroatoms. The van der Waals surface area contributed by atoms with Crippen LogP contribution in [0.5, 0.6) is 11.5 Å². The number of hydrogen-bond donors (Lipinski definition) is 1. The number of rotatable bonds is 10. The maximum atomic E-state index is 6.37. The van der Waals surface area contributed by atoms with Crippen LogP contribution in [0.15, 0.2) is 17.1 Å². The molecule has 1 aromatic rings. The van der Waals surface area contributed by atoms with Gasteiger partial charge < -0.3 is 29.2 Å². The number of nitrogens with zero attached hydrogens (tertiary/aromatic N) is 2. The molecule has 0 spiro atoms. The zero-order valence-electron chi connectivity index (χ0n) is 18.4. The summed E-state index contributed by atoms with van der Waals surface area (Å²) in [4.78, 5) is 6.70. The van der Waals surface area contributed by atoms with Gasteiger partial charge in [0.1, 0.15) is 0 Å². The fourth-order valence-electron chi connectivity index (χ4n) is 3.36. The van der Waals surface area contributed by atoms with Crippen LogP contribution in [0.25, 0.3) is 0 Å². The Morgan fingerprint density at radius 1 is 1.23 bits per heavy atom. The Hall–Kier alpha value is -0.970. The lowest BCUT2D eigenvalue weighted by atomic mass is 10.1. The third kappa shape index (κ3) is 8.28. The van der Waals surface area contributed by atoms with Gasteiger partial charge in [0.2, 0.25) is 0 Å². The summed E-state index contributed by atoms with van der Waals surface area (Å²) < 4.78 is 22.0. The topological polar surface area (TPSA) is 64.6 Å². The first-order valence-electron chi connectivity index (χ1n) is 10.2. The average molecular weight is 556 g/mol. The standard InChI is InChI=1S/C21H34ClN3O4.HI/c1-5-28-20-18(22)13-16(14-19(20)27-4)15-24-21(23-2)25-9-7-17(8-10-25)29-12-6-11-26-3;/h13-14,17H,5-12,15H2,1-4H3,(H,23,24);1H. The van der Waals surface area contributed by atoms with Crippen LogP contribution in [0, 0.1) is 0 Å². The zero-order chi connectivity index (χ0) is 21.1. The van der Waals surface area contributed by atoms with E-state index in [1.54, 1.807) is 21.3 Å². The van der Waals surface area contributed by atoms with Gasteiger partial charge in [0.05, 0.1) is 24.8 Å². The SMILES string of the molecule is CCOc1c(Cl)cc(CNC(=NC)N2CCC(OCCCOC)CC2)cc1OC.I. The molecule has 0 radical (unpaired) electrons. The second kappa shape index (κ2) is 14.9. The molecule has 0 saturated carbocycles. The van der Waals surface area contributed by atoms with E-state index in [-0.39, 0.29) is 24.0 Å². The van der Waals surface area contributed by atoms with Gasteiger partial charge in [-0.15, -0.1) is 24.0 Å². The van der Waals surface area contributed by atoms with Crippen molar-refractivity contribution in [1.29, 1.82) is 0 Å². The normalized spacial score (nSPS) is 15.0. The highest BCUT2D eigenvalue weighted by atomic mass is 127. The Labute approximate surface area is 202 Å². The average Bonchev–Trinajstić information content (AvgIpc) is 2.74. The molecule has 1 saturated heterocycles. The fraction of sp³-hybridized carbons (Fsp3) is 0.667. The molecule has 172 valence electrons. The molecule has 0 atom stereocenters. The molecule has 7 nitrogen and oxygen atoms in total. The first-order chi connectivity index (χ1) is 14.1. The summed E-state index contributed by atoms with van der Waals surface area (Å²) in [6.45, 7) is 6.39. The van der Waals surface area contributed by atoms with E-state index in [4.69, 9.17) is 30.5 Å². The van der Waals surface area contributed by atoms with E-state index in [0.29, 0.717) is 35.8 Å². The second-order valence-corrected chi connectivity index (χ2v) is 7.25. The lowest BCUT2D eigenvalue weighted by Gasteiger charge is -2.34. The molecule has 1 aliphatic rings. The number of ether oxygens (including phenoxy) is 4. The van der Waals surface area contributed by atoms with Crippen molar-refractivity contribution < 1.29 is 18.9 Å². The molecule has 1 fully saturated rings. The molecule has 0 bridgehead atoms. The number of aliphatic imine (C=N–C) groups is 1. The Morgan fingerprint density at radius 2 is 1.97 bits per heavy atom. The maximum Gasteiger partial charge on any atom is 0.193 e.